The minimum Gasteiger partial charge on any atom is -0.379 e. The van der Waals surface area contributed by atoms with Gasteiger partial charge in [-0.05, 0) is 43.0 Å². The molecule has 0 radical (unpaired) electrons. The first kappa shape index (κ1) is 17.0. The van der Waals surface area contributed by atoms with Crippen LogP contribution < -0.4 is 5.32 Å². The molecule has 1 fully saturated rings. The van der Waals surface area contributed by atoms with E-state index in [1.165, 1.54) is 5.56 Å². The number of hydrogen-bond acceptors (Lipinski definition) is 3. The van der Waals surface area contributed by atoms with Crippen LogP contribution in [-0.2, 0) is 9.53 Å². The third-order valence-corrected chi connectivity index (χ3v) is 4.09. The van der Waals surface area contributed by atoms with Crippen LogP contribution in [0.5, 0.6) is 0 Å². The van der Waals surface area contributed by atoms with E-state index in [1.54, 1.807) is 0 Å². The second kappa shape index (κ2) is 8.91. The highest BCUT2D eigenvalue weighted by atomic mass is 16.5. The van der Waals surface area contributed by atoms with Gasteiger partial charge in [-0.1, -0.05) is 26.0 Å². The maximum absolute atomic E-state index is 11.9. The van der Waals surface area contributed by atoms with E-state index in [2.05, 4.69) is 36.2 Å². The number of nitrogens with zero attached hydrogens (tertiary/aromatic N) is 1. The summed E-state index contributed by atoms with van der Waals surface area (Å²) in [5.74, 6) is 0.629. The largest absolute Gasteiger partial charge is 0.379 e. The molecule has 1 aromatic rings. The Bertz CT molecular complexity index is 451. The number of rotatable bonds is 7. The molecule has 1 N–H and O–H groups in total. The fourth-order valence-electron chi connectivity index (χ4n) is 2.62. The molecule has 0 spiro atoms. The molecule has 1 saturated heterocycles. The SMILES string of the molecule is CC(C)c1ccc(NC(=O)CCCCN2CCOCC2)cc1. The first-order valence-corrected chi connectivity index (χ1v) is 8.35. The first-order chi connectivity index (χ1) is 10.6. The van der Waals surface area contributed by atoms with Crippen LogP contribution in [0.3, 0.4) is 0 Å². The van der Waals surface area contributed by atoms with E-state index in [-0.39, 0.29) is 5.91 Å². The molecule has 22 heavy (non-hydrogen) atoms. The second-order valence-electron chi connectivity index (χ2n) is 6.24. The number of hydrogen-bond donors (Lipinski definition) is 1. The Morgan fingerprint density at radius 2 is 1.86 bits per heavy atom. The van der Waals surface area contributed by atoms with Crippen molar-refractivity contribution >= 4 is 11.6 Å². The van der Waals surface area contributed by atoms with Crippen molar-refractivity contribution in [3.63, 3.8) is 0 Å². The van der Waals surface area contributed by atoms with Gasteiger partial charge in [0.2, 0.25) is 5.91 Å². The lowest BCUT2D eigenvalue weighted by Gasteiger charge is -2.26. The topological polar surface area (TPSA) is 41.6 Å². The second-order valence-corrected chi connectivity index (χ2v) is 6.24. The van der Waals surface area contributed by atoms with Gasteiger partial charge in [-0.15, -0.1) is 0 Å². The number of anilines is 1. The van der Waals surface area contributed by atoms with E-state index >= 15 is 0 Å². The number of nitrogens with one attached hydrogen (secondary N) is 1. The van der Waals surface area contributed by atoms with E-state index in [1.807, 2.05) is 12.1 Å². The average molecular weight is 304 g/mol. The number of carbonyl (C=O) groups excluding carboxylic acids is 1. The van der Waals surface area contributed by atoms with Crippen LogP contribution in [0.15, 0.2) is 24.3 Å². The van der Waals surface area contributed by atoms with Crippen molar-refractivity contribution in [2.45, 2.75) is 39.0 Å². The van der Waals surface area contributed by atoms with E-state index in [9.17, 15) is 4.79 Å². The summed E-state index contributed by atoms with van der Waals surface area (Å²) in [5.41, 5.74) is 2.19. The Kier molecular flexibility index (Phi) is 6.87. The van der Waals surface area contributed by atoms with E-state index < -0.39 is 0 Å². The highest BCUT2D eigenvalue weighted by Gasteiger charge is 2.10. The van der Waals surface area contributed by atoms with Gasteiger partial charge in [0.25, 0.3) is 0 Å². The molecule has 122 valence electrons. The van der Waals surface area contributed by atoms with Gasteiger partial charge in [-0.2, -0.15) is 0 Å². The van der Waals surface area contributed by atoms with Gasteiger partial charge in [0, 0.05) is 25.2 Å². The summed E-state index contributed by atoms with van der Waals surface area (Å²) in [6, 6.07) is 8.14. The molecule has 0 aromatic heterocycles. The molecule has 0 bridgehead atoms. The molecule has 4 nitrogen and oxygen atoms in total. The zero-order valence-electron chi connectivity index (χ0n) is 13.8. The standard InChI is InChI=1S/C18H28N2O2/c1-15(2)16-6-8-17(9-7-16)19-18(21)5-3-4-10-20-11-13-22-14-12-20/h6-9,15H,3-5,10-14H2,1-2H3,(H,19,21). The monoisotopic (exact) mass is 304 g/mol. The van der Waals surface area contributed by atoms with Crippen LogP contribution in [0.1, 0.15) is 44.6 Å². The predicted molar refractivity (Wildman–Crippen MR) is 90.3 cm³/mol. The van der Waals surface area contributed by atoms with E-state index in [4.69, 9.17) is 4.74 Å². The van der Waals surface area contributed by atoms with Gasteiger partial charge in [0.1, 0.15) is 0 Å². The van der Waals surface area contributed by atoms with Crippen molar-refractivity contribution in [2.75, 3.05) is 38.2 Å². The molecule has 4 heteroatoms. The van der Waals surface area contributed by atoms with Crippen LogP contribution in [0.2, 0.25) is 0 Å². The summed E-state index contributed by atoms with van der Waals surface area (Å²) >= 11 is 0. The van der Waals surface area contributed by atoms with Crippen molar-refractivity contribution in [3.05, 3.63) is 29.8 Å². The molecular weight excluding hydrogens is 276 g/mol. The maximum Gasteiger partial charge on any atom is 0.224 e. The van der Waals surface area contributed by atoms with Gasteiger partial charge in [-0.3, -0.25) is 9.69 Å². The molecule has 1 aliphatic heterocycles. The van der Waals surface area contributed by atoms with Crippen LogP contribution >= 0.6 is 0 Å². The summed E-state index contributed by atoms with van der Waals surface area (Å²) in [4.78, 5) is 14.3. The Balaban J connectivity index is 1.62. The molecule has 0 unspecified atom stereocenters. The Hall–Kier alpha value is -1.39. The van der Waals surface area contributed by atoms with Crippen molar-refractivity contribution in [3.8, 4) is 0 Å². The number of carbonyl (C=O) groups is 1. The number of benzene rings is 1. The molecule has 1 aromatic carbocycles. The van der Waals surface area contributed by atoms with E-state index in [0.717, 1.165) is 51.4 Å². The van der Waals surface area contributed by atoms with Crippen LogP contribution in [0.4, 0.5) is 5.69 Å². The lowest BCUT2D eigenvalue weighted by atomic mass is 10.0. The predicted octanol–water partition coefficient (Wildman–Crippen LogP) is 3.25. The normalized spacial score (nSPS) is 16.0. The molecule has 1 aliphatic rings. The Morgan fingerprint density at radius 1 is 1.18 bits per heavy atom. The van der Waals surface area contributed by atoms with Crippen molar-refractivity contribution in [2.24, 2.45) is 0 Å². The Labute approximate surface area is 133 Å². The van der Waals surface area contributed by atoms with Crippen molar-refractivity contribution < 1.29 is 9.53 Å². The van der Waals surface area contributed by atoms with Crippen molar-refractivity contribution in [1.82, 2.24) is 4.90 Å². The lowest BCUT2D eigenvalue weighted by Crippen LogP contribution is -2.36. The minimum atomic E-state index is 0.110. The molecular formula is C18H28N2O2. The summed E-state index contributed by atoms with van der Waals surface area (Å²) < 4.78 is 5.33. The van der Waals surface area contributed by atoms with Crippen LogP contribution in [0.25, 0.3) is 0 Å². The number of morpholine rings is 1. The first-order valence-electron chi connectivity index (χ1n) is 8.35. The summed E-state index contributed by atoms with van der Waals surface area (Å²) in [5, 5.41) is 2.97. The smallest absolute Gasteiger partial charge is 0.224 e. The van der Waals surface area contributed by atoms with E-state index in [0.29, 0.717) is 12.3 Å². The molecule has 2 rings (SSSR count). The molecule has 0 saturated carbocycles. The molecule has 1 amide bonds. The Morgan fingerprint density at radius 3 is 2.50 bits per heavy atom. The third kappa shape index (κ3) is 5.78. The average Bonchev–Trinajstić information content (AvgIpc) is 2.53. The summed E-state index contributed by atoms with van der Waals surface area (Å²) in [6.07, 6.45) is 2.60. The zero-order chi connectivity index (χ0) is 15.8. The zero-order valence-corrected chi connectivity index (χ0v) is 13.8. The van der Waals surface area contributed by atoms with Gasteiger partial charge >= 0.3 is 0 Å². The molecule has 1 heterocycles. The lowest BCUT2D eigenvalue weighted by molar-refractivity contribution is -0.116. The fourth-order valence-corrected chi connectivity index (χ4v) is 2.62. The molecule has 0 aliphatic carbocycles. The van der Waals surface area contributed by atoms with Crippen LogP contribution in [0, 0.1) is 0 Å². The highest BCUT2D eigenvalue weighted by Crippen LogP contribution is 2.17. The number of ether oxygens (including phenoxy) is 1. The van der Waals surface area contributed by atoms with Gasteiger partial charge in [0.15, 0.2) is 0 Å². The third-order valence-electron chi connectivity index (χ3n) is 4.09. The van der Waals surface area contributed by atoms with Gasteiger partial charge in [0.05, 0.1) is 13.2 Å². The van der Waals surface area contributed by atoms with Gasteiger partial charge < -0.3 is 10.1 Å². The fraction of sp³-hybridized carbons (Fsp3) is 0.611. The summed E-state index contributed by atoms with van der Waals surface area (Å²) in [6.45, 7) is 9.13. The number of unbranched alkanes of at least 4 members (excludes halogenated alkanes) is 1. The summed E-state index contributed by atoms with van der Waals surface area (Å²) in [7, 11) is 0. The molecule has 0 atom stereocenters. The quantitative estimate of drug-likeness (QED) is 0.786. The maximum atomic E-state index is 11.9. The van der Waals surface area contributed by atoms with Crippen LogP contribution in [-0.4, -0.2) is 43.7 Å². The minimum absolute atomic E-state index is 0.110. The van der Waals surface area contributed by atoms with Crippen molar-refractivity contribution in [1.29, 1.82) is 0 Å². The highest BCUT2D eigenvalue weighted by molar-refractivity contribution is 5.90. The van der Waals surface area contributed by atoms with Gasteiger partial charge in [-0.25, -0.2) is 0 Å². The number of amides is 1.